The van der Waals surface area contributed by atoms with E-state index in [9.17, 15) is 13.2 Å². The first-order valence-corrected chi connectivity index (χ1v) is 13.1. The predicted molar refractivity (Wildman–Crippen MR) is 115 cm³/mol. The maximum Gasteiger partial charge on any atom is 0.237 e. The van der Waals surface area contributed by atoms with Crippen molar-refractivity contribution in [1.29, 1.82) is 0 Å². The fourth-order valence-electron chi connectivity index (χ4n) is 5.22. The minimum Gasteiger partial charge on any atom is -0.335 e. The van der Waals surface area contributed by atoms with Crippen LogP contribution in [0.1, 0.15) is 56.9 Å². The van der Waals surface area contributed by atoms with Crippen LogP contribution >= 0.6 is 0 Å². The molecule has 0 aromatic heterocycles. The highest BCUT2D eigenvalue weighted by molar-refractivity contribution is 7.91. The molecule has 1 atom stereocenters. The van der Waals surface area contributed by atoms with Crippen molar-refractivity contribution in [2.75, 3.05) is 24.6 Å². The van der Waals surface area contributed by atoms with Crippen LogP contribution in [-0.2, 0) is 21.2 Å². The van der Waals surface area contributed by atoms with Crippen LogP contribution in [0.25, 0.3) is 0 Å². The number of hydrogen-bond acceptors (Lipinski definition) is 4. The Morgan fingerprint density at radius 3 is 2.24 bits per heavy atom. The zero-order valence-corrected chi connectivity index (χ0v) is 18.2. The molecule has 5 nitrogen and oxygen atoms in total. The fraction of sp³-hybridized carbons (Fsp3) is 0.696. The Balaban J connectivity index is 1.48. The zero-order valence-electron chi connectivity index (χ0n) is 17.3. The highest BCUT2D eigenvalue weighted by atomic mass is 32.2. The monoisotopic (exact) mass is 418 g/mol. The van der Waals surface area contributed by atoms with Gasteiger partial charge < -0.3 is 4.90 Å². The topological polar surface area (TPSA) is 57.7 Å². The van der Waals surface area contributed by atoms with E-state index in [4.69, 9.17) is 0 Å². The molecule has 0 spiro atoms. The third-order valence-corrected chi connectivity index (χ3v) is 8.71. The van der Waals surface area contributed by atoms with Gasteiger partial charge in [0, 0.05) is 25.2 Å². The average molecular weight is 419 g/mol. The number of sulfone groups is 1. The molecular formula is C23H34N2O3S. The van der Waals surface area contributed by atoms with Crippen molar-refractivity contribution in [3.8, 4) is 0 Å². The average Bonchev–Trinajstić information content (AvgIpc) is 3.29. The molecule has 0 N–H and O–H groups in total. The first-order chi connectivity index (χ1) is 14.0. The van der Waals surface area contributed by atoms with Crippen LogP contribution in [0, 0.1) is 5.92 Å². The fourth-order valence-corrected chi connectivity index (χ4v) is 6.93. The van der Waals surface area contributed by atoms with Gasteiger partial charge in [-0.05, 0) is 43.6 Å². The second-order valence-corrected chi connectivity index (χ2v) is 11.5. The Morgan fingerprint density at radius 1 is 0.931 bits per heavy atom. The smallest absolute Gasteiger partial charge is 0.237 e. The van der Waals surface area contributed by atoms with Crippen LogP contribution in [0.2, 0.25) is 0 Å². The van der Waals surface area contributed by atoms with Crippen LogP contribution in [0.4, 0.5) is 0 Å². The predicted octanol–water partition coefficient (Wildman–Crippen LogP) is 3.25. The van der Waals surface area contributed by atoms with Crippen molar-refractivity contribution in [2.45, 2.75) is 70.0 Å². The molecule has 0 unspecified atom stereocenters. The largest absolute Gasteiger partial charge is 0.335 e. The maximum atomic E-state index is 13.5. The molecule has 0 bridgehead atoms. The number of hydrogen-bond donors (Lipinski definition) is 0. The summed E-state index contributed by atoms with van der Waals surface area (Å²) in [6.07, 6.45) is 8.73. The molecule has 29 heavy (non-hydrogen) atoms. The van der Waals surface area contributed by atoms with Gasteiger partial charge in [-0.15, -0.1) is 0 Å². The van der Waals surface area contributed by atoms with Crippen LogP contribution in [0.5, 0.6) is 0 Å². The minimum atomic E-state index is -3.00. The van der Waals surface area contributed by atoms with Gasteiger partial charge in [0.1, 0.15) is 0 Å². The Kier molecular flexibility index (Phi) is 6.60. The van der Waals surface area contributed by atoms with E-state index in [0.717, 1.165) is 38.8 Å². The van der Waals surface area contributed by atoms with E-state index in [-0.39, 0.29) is 29.5 Å². The molecule has 1 aliphatic heterocycles. The Bertz CT molecular complexity index is 786. The van der Waals surface area contributed by atoms with Gasteiger partial charge in [-0.3, -0.25) is 9.69 Å². The van der Waals surface area contributed by atoms with Crippen LogP contribution < -0.4 is 0 Å². The third-order valence-electron chi connectivity index (χ3n) is 6.96. The molecule has 4 rings (SSSR count). The molecule has 160 valence electrons. The van der Waals surface area contributed by atoms with Crippen molar-refractivity contribution in [1.82, 2.24) is 9.80 Å². The van der Waals surface area contributed by atoms with Gasteiger partial charge in [0.05, 0.1) is 18.1 Å². The number of rotatable bonds is 8. The standard InChI is InChI=1S/C23H34N2O3S/c26-23(25(21-11-4-5-12-21)22-13-14-29(27,28)18-22)17-24(16-20-9-6-10-20)15-19-7-2-1-3-8-19/h1-3,7-8,20-22H,4-6,9-18H2/t22-/m1/s1. The zero-order chi connectivity index (χ0) is 20.3. The SMILES string of the molecule is O=C(CN(Cc1ccccc1)CC1CCC1)N(C1CCCC1)[C@@H]1CCS(=O)(=O)C1. The van der Waals surface area contributed by atoms with E-state index in [1.54, 1.807) is 0 Å². The molecule has 2 saturated carbocycles. The molecule has 1 saturated heterocycles. The van der Waals surface area contributed by atoms with Gasteiger partial charge in [-0.2, -0.15) is 0 Å². The van der Waals surface area contributed by atoms with Gasteiger partial charge in [-0.1, -0.05) is 49.6 Å². The summed E-state index contributed by atoms with van der Waals surface area (Å²) in [6.45, 7) is 2.14. The van der Waals surface area contributed by atoms with Gasteiger partial charge in [0.2, 0.25) is 5.91 Å². The molecule has 1 heterocycles. The third kappa shape index (κ3) is 5.40. The van der Waals surface area contributed by atoms with Crippen molar-refractivity contribution in [3.63, 3.8) is 0 Å². The lowest BCUT2D eigenvalue weighted by Gasteiger charge is -2.37. The lowest BCUT2D eigenvalue weighted by Crippen LogP contribution is -2.51. The highest BCUT2D eigenvalue weighted by Crippen LogP contribution is 2.30. The Labute approximate surface area is 175 Å². The minimum absolute atomic E-state index is 0.127. The number of benzene rings is 1. The Morgan fingerprint density at radius 2 is 1.66 bits per heavy atom. The van der Waals surface area contributed by atoms with E-state index < -0.39 is 9.84 Å². The summed E-state index contributed by atoms with van der Waals surface area (Å²) in [6, 6.07) is 10.5. The first-order valence-electron chi connectivity index (χ1n) is 11.3. The second-order valence-electron chi connectivity index (χ2n) is 9.25. The van der Waals surface area contributed by atoms with Crippen molar-refractivity contribution < 1.29 is 13.2 Å². The quantitative estimate of drug-likeness (QED) is 0.650. The van der Waals surface area contributed by atoms with Gasteiger partial charge in [0.15, 0.2) is 9.84 Å². The van der Waals surface area contributed by atoms with Crippen molar-refractivity contribution in [2.24, 2.45) is 5.92 Å². The number of carbonyl (C=O) groups is 1. The molecular weight excluding hydrogens is 384 g/mol. The molecule has 1 aromatic carbocycles. The summed E-state index contributed by atoms with van der Waals surface area (Å²) in [7, 11) is -3.00. The van der Waals surface area contributed by atoms with Gasteiger partial charge in [-0.25, -0.2) is 8.42 Å². The van der Waals surface area contributed by atoms with Crippen LogP contribution in [0.15, 0.2) is 30.3 Å². The molecule has 3 fully saturated rings. The van der Waals surface area contributed by atoms with Crippen molar-refractivity contribution >= 4 is 15.7 Å². The summed E-state index contributed by atoms with van der Waals surface area (Å²) in [4.78, 5) is 17.8. The molecule has 3 aliphatic rings. The van der Waals surface area contributed by atoms with E-state index in [1.807, 2.05) is 23.1 Å². The van der Waals surface area contributed by atoms with Gasteiger partial charge >= 0.3 is 0 Å². The summed E-state index contributed by atoms with van der Waals surface area (Å²) in [5.74, 6) is 1.20. The van der Waals surface area contributed by atoms with Gasteiger partial charge in [0.25, 0.3) is 0 Å². The maximum absolute atomic E-state index is 13.5. The lowest BCUT2D eigenvalue weighted by atomic mass is 9.85. The van der Waals surface area contributed by atoms with Crippen LogP contribution in [-0.4, -0.2) is 60.8 Å². The summed E-state index contributed by atoms with van der Waals surface area (Å²) in [5, 5.41) is 0. The van der Waals surface area contributed by atoms with Crippen molar-refractivity contribution in [3.05, 3.63) is 35.9 Å². The molecule has 6 heteroatoms. The van der Waals surface area contributed by atoms with E-state index >= 15 is 0 Å². The first kappa shape index (κ1) is 20.9. The summed E-state index contributed by atoms with van der Waals surface area (Å²) >= 11 is 0. The summed E-state index contributed by atoms with van der Waals surface area (Å²) < 4.78 is 24.2. The van der Waals surface area contributed by atoms with E-state index in [1.165, 1.54) is 24.8 Å². The highest BCUT2D eigenvalue weighted by Gasteiger charge is 2.39. The Hall–Kier alpha value is -1.40. The molecule has 1 amide bonds. The van der Waals surface area contributed by atoms with E-state index in [0.29, 0.717) is 18.9 Å². The molecule has 1 aromatic rings. The summed E-state index contributed by atoms with van der Waals surface area (Å²) in [5.41, 5.74) is 1.23. The number of carbonyl (C=O) groups excluding carboxylic acids is 1. The van der Waals surface area contributed by atoms with E-state index in [2.05, 4.69) is 17.0 Å². The lowest BCUT2D eigenvalue weighted by molar-refractivity contribution is -0.137. The molecule has 0 radical (unpaired) electrons. The van der Waals surface area contributed by atoms with Crippen LogP contribution in [0.3, 0.4) is 0 Å². The molecule has 2 aliphatic carbocycles. The number of amides is 1. The number of nitrogens with zero attached hydrogens (tertiary/aromatic N) is 2. The normalized spacial score (nSPS) is 24.7. The second kappa shape index (κ2) is 9.17.